The van der Waals surface area contributed by atoms with Gasteiger partial charge in [0.1, 0.15) is 5.75 Å². The van der Waals surface area contributed by atoms with E-state index in [-0.39, 0.29) is 12.3 Å². The first-order valence-corrected chi connectivity index (χ1v) is 11.0. The second-order valence-electron chi connectivity index (χ2n) is 7.42. The summed E-state index contributed by atoms with van der Waals surface area (Å²) < 4.78 is 18.3. The van der Waals surface area contributed by atoms with Gasteiger partial charge >= 0.3 is 0 Å². The lowest BCUT2D eigenvalue weighted by atomic mass is 9.95. The quantitative estimate of drug-likeness (QED) is 0.419. The van der Waals surface area contributed by atoms with Crippen molar-refractivity contribution in [1.29, 1.82) is 0 Å². The smallest absolute Gasteiger partial charge is 0.213 e. The molecule has 5 nitrogen and oxygen atoms in total. The minimum atomic E-state index is -0.329. The number of halogens is 2. The second-order valence-corrected chi connectivity index (χ2v) is 8.77. The molecule has 0 aliphatic carbocycles. The number of hydrogen-bond acceptors (Lipinski definition) is 5. The molecule has 0 saturated heterocycles. The van der Waals surface area contributed by atoms with Gasteiger partial charge in [-0.1, -0.05) is 39.7 Å². The Morgan fingerprint density at radius 2 is 1.77 bits per heavy atom. The molecule has 2 atom stereocenters. The van der Waals surface area contributed by atoms with Crippen LogP contribution in [-0.4, -0.2) is 24.9 Å². The van der Waals surface area contributed by atoms with Gasteiger partial charge in [-0.05, 0) is 48.5 Å². The molecule has 0 saturated carbocycles. The third kappa shape index (κ3) is 3.64. The number of hydrogen-bond donors (Lipinski definition) is 0. The van der Waals surface area contributed by atoms with E-state index in [4.69, 9.17) is 30.9 Å². The summed E-state index contributed by atoms with van der Waals surface area (Å²) in [7, 11) is 3.27. The van der Waals surface area contributed by atoms with Gasteiger partial charge in [-0.25, -0.2) is 5.01 Å². The maximum atomic E-state index is 6.39. The average Bonchev–Trinajstić information content (AvgIpc) is 3.24. The highest BCUT2D eigenvalue weighted by Gasteiger charge is 2.41. The van der Waals surface area contributed by atoms with Crippen LogP contribution in [0.15, 0.2) is 70.2 Å². The highest BCUT2D eigenvalue weighted by Crippen LogP contribution is 2.48. The van der Waals surface area contributed by atoms with E-state index in [2.05, 4.69) is 28.1 Å². The first-order chi connectivity index (χ1) is 15.1. The van der Waals surface area contributed by atoms with Crippen LogP contribution in [0.25, 0.3) is 0 Å². The maximum Gasteiger partial charge on any atom is 0.213 e. The molecule has 2 aliphatic rings. The van der Waals surface area contributed by atoms with Gasteiger partial charge in [0.2, 0.25) is 6.23 Å². The van der Waals surface area contributed by atoms with Crippen LogP contribution in [0, 0.1) is 0 Å². The van der Waals surface area contributed by atoms with Gasteiger partial charge in [0.25, 0.3) is 0 Å². The molecular formula is C24H20BrClN2O3. The summed E-state index contributed by atoms with van der Waals surface area (Å²) in [4.78, 5) is 0. The summed E-state index contributed by atoms with van der Waals surface area (Å²) in [5, 5.41) is 7.71. The van der Waals surface area contributed by atoms with E-state index < -0.39 is 0 Å². The third-order valence-corrected chi connectivity index (χ3v) is 6.39. The molecule has 2 aliphatic heterocycles. The zero-order valence-electron chi connectivity index (χ0n) is 17.0. The third-order valence-electron chi connectivity index (χ3n) is 5.62. The maximum absolute atomic E-state index is 6.39. The van der Waals surface area contributed by atoms with Crippen LogP contribution in [0.5, 0.6) is 17.2 Å². The van der Waals surface area contributed by atoms with E-state index in [0.29, 0.717) is 16.5 Å². The number of fused-ring (bicyclic) bond motifs is 3. The Balaban J connectivity index is 1.58. The predicted octanol–water partition coefficient (Wildman–Crippen LogP) is 6.36. The lowest BCUT2D eigenvalue weighted by molar-refractivity contribution is -0.0190. The van der Waals surface area contributed by atoms with Crippen molar-refractivity contribution in [2.24, 2.45) is 5.10 Å². The molecule has 0 bridgehead atoms. The summed E-state index contributed by atoms with van der Waals surface area (Å²) in [6, 6.07) is 19.8. The molecular weight excluding hydrogens is 480 g/mol. The number of nitrogens with zero attached hydrogens (tertiary/aromatic N) is 2. The van der Waals surface area contributed by atoms with Gasteiger partial charge in [0.15, 0.2) is 11.5 Å². The summed E-state index contributed by atoms with van der Waals surface area (Å²) in [6.45, 7) is 0. The van der Waals surface area contributed by atoms with E-state index in [1.54, 1.807) is 14.2 Å². The van der Waals surface area contributed by atoms with Gasteiger partial charge in [-0.3, -0.25) is 0 Å². The van der Waals surface area contributed by atoms with E-state index in [0.717, 1.165) is 39.0 Å². The van der Waals surface area contributed by atoms with E-state index in [1.807, 2.05) is 53.5 Å². The first kappa shape index (κ1) is 20.2. The summed E-state index contributed by atoms with van der Waals surface area (Å²) in [5.74, 6) is 2.20. The van der Waals surface area contributed by atoms with Gasteiger partial charge in [-0.15, -0.1) is 0 Å². The second kappa shape index (κ2) is 8.09. The molecule has 0 unspecified atom stereocenters. The molecule has 0 radical (unpaired) electrons. The fourth-order valence-electron chi connectivity index (χ4n) is 4.10. The highest BCUT2D eigenvalue weighted by molar-refractivity contribution is 9.10. The normalized spacial score (nSPS) is 19.2. The average molecular weight is 500 g/mol. The largest absolute Gasteiger partial charge is 0.493 e. The zero-order valence-corrected chi connectivity index (χ0v) is 19.4. The fraction of sp³-hybridized carbons (Fsp3) is 0.208. The Kier molecular flexibility index (Phi) is 5.28. The molecule has 3 aromatic carbocycles. The molecule has 0 fully saturated rings. The van der Waals surface area contributed by atoms with Crippen molar-refractivity contribution < 1.29 is 14.2 Å². The van der Waals surface area contributed by atoms with Crippen LogP contribution in [0.1, 0.15) is 35.4 Å². The standard InChI is InChI=1S/C24H20BrClN2O3/c1-29-22-9-5-15(11-23(22)30-2)19-13-20-18-12-17(26)8-10-21(18)31-24(28(20)27-19)14-3-6-16(25)7-4-14/h3-12,20,24H,13H2,1-2H3/t20-,24+/m0/s1. The minimum Gasteiger partial charge on any atom is -0.493 e. The van der Waals surface area contributed by atoms with Crippen LogP contribution >= 0.6 is 27.5 Å². The van der Waals surface area contributed by atoms with Crippen LogP contribution in [0.4, 0.5) is 0 Å². The Bertz CT molecular complexity index is 1170. The number of ether oxygens (including phenoxy) is 3. The Hall–Kier alpha value is -2.70. The highest BCUT2D eigenvalue weighted by atomic mass is 79.9. The Labute approximate surface area is 194 Å². The number of hydrazone groups is 1. The monoisotopic (exact) mass is 498 g/mol. The number of benzene rings is 3. The van der Waals surface area contributed by atoms with Crippen molar-refractivity contribution >= 4 is 33.2 Å². The molecule has 158 valence electrons. The Morgan fingerprint density at radius 3 is 2.52 bits per heavy atom. The number of methoxy groups -OCH3 is 2. The SMILES string of the molecule is COc1ccc(C2=NN3[C@@H](c4ccc(Br)cc4)Oc4ccc(Cl)cc4[C@@H]3C2)cc1OC. The molecule has 7 heteroatoms. The lowest BCUT2D eigenvalue weighted by Gasteiger charge is -2.38. The first-order valence-electron chi connectivity index (χ1n) is 9.87. The molecule has 0 amide bonds. The Morgan fingerprint density at radius 1 is 1.00 bits per heavy atom. The van der Waals surface area contributed by atoms with Crippen LogP contribution in [0.3, 0.4) is 0 Å². The van der Waals surface area contributed by atoms with Gasteiger partial charge in [0, 0.05) is 32.6 Å². The van der Waals surface area contributed by atoms with Gasteiger partial charge in [0.05, 0.1) is 26.0 Å². The lowest BCUT2D eigenvalue weighted by Crippen LogP contribution is -2.33. The topological polar surface area (TPSA) is 43.3 Å². The minimum absolute atomic E-state index is 0.0270. The predicted molar refractivity (Wildman–Crippen MR) is 124 cm³/mol. The van der Waals surface area contributed by atoms with Crippen LogP contribution in [-0.2, 0) is 0 Å². The molecule has 0 spiro atoms. The zero-order chi connectivity index (χ0) is 21.5. The van der Waals surface area contributed by atoms with E-state index in [9.17, 15) is 0 Å². The molecule has 2 heterocycles. The summed E-state index contributed by atoms with van der Waals surface area (Å²) in [6.07, 6.45) is 0.406. The molecule has 0 aromatic heterocycles. The van der Waals surface area contributed by atoms with Gasteiger partial charge < -0.3 is 14.2 Å². The van der Waals surface area contributed by atoms with E-state index >= 15 is 0 Å². The van der Waals surface area contributed by atoms with Crippen molar-refractivity contribution in [3.63, 3.8) is 0 Å². The molecule has 31 heavy (non-hydrogen) atoms. The molecule has 0 N–H and O–H groups in total. The summed E-state index contributed by atoms with van der Waals surface area (Å²) in [5.41, 5.74) is 4.03. The van der Waals surface area contributed by atoms with E-state index in [1.165, 1.54) is 0 Å². The van der Waals surface area contributed by atoms with Crippen LogP contribution < -0.4 is 14.2 Å². The van der Waals surface area contributed by atoms with Crippen molar-refractivity contribution in [2.45, 2.75) is 18.7 Å². The number of rotatable bonds is 4. The molecule has 3 aromatic rings. The van der Waals surface area contributed by atoms with Gasteiger partial charge in [-0.2, -0.15) is 5.10 Å². The van der Waals surface area contributed by atoms with Crippen molar-refractivity contribution in [3.05, 3.63) is 86.8 Å². The molecule has 5 rings (SSSR count). The van der Waals surface area contributed by atoms with Crippen molar-refractivity contribution in [2.75, 3.05) is 14.2 Å². The summed E-state index contributed by atoms with van der Waals surface area (Å²) >= 11 is 9.82. The van der Waals surface area contributed by atoms with Crippen LogP contribution in [0.2, 0.25) is 5.02 Å². The fourth-order valence-corrected chi connectivity index (χ4v) is 4.54. The van der Waals surface area contributed by atoms with Crippen molar-refractivity contribution in [1.82, 2.24) is 5.01 Å². The van der Waals surface area contributed by atoms with Crippen molar-refractivity contribution in [3.8, 4) is 17.2 Å².